The Bertz CT molecular complexity index is 2950. The second-order valence-corrected chi connectivity index (χ2v) is 19.1. The maximum atomic E-state index is 14.2. The van der Waals surface area contributed by atoms with Gasteiger partial charge in [-0.05, 0) is 113 Å². The zero-order valence-electron chi connectivity index (χ0n) is 35.6. The number of hydrogen-bond donors (Lipinski definition) is 3. The van der Waals surface area contributed by atoms with Crippen LogP contribution in [0.5, 0.6) is 0 Å². The fourth-order valence-electron chi connectivity index (χ4n) is 9.83. The fraction of sp³-hybridized carbons (Fsp3) is 0.422. The molecule has 14 nitrogen and oxygen atoms in total. The molecule has 2 aliphatic heterocycles. The number of fused-ring (bicyclic) bond motifs is 4. The molecule has 0 radical (unpaired) electrons. The molecule has 0 saturated carbocycles. The number of thiophene rings is 2. The first-order valence-corrected chi connectivity index (χ1v) is 23.1. The molecule has 2 saturated heterocycles. The molecule has 3 N–H and O–H groups in total. The van der Waals surface area contributed by atoms with Crippen molar-refractivity contribution in [1.82, 2.24) is 59.2 Å². The van der Waals surface area contributed by atoms with Crippen molar-refractivity contribution < 1.29 is 9.59 Å². The first-order chi connectivity index (χ1) is 29.6. The van der Waals surface area contributed by atoms with Crippen LogP contribution in [0.25, 0.3) is 54.2 Å². The molecule has 8 aromatic heterocycles. The summed E-state index contributed by atoms with van der Waals surface area (Å²) in [6.07, 6.45) is 11.9. The average Bonchev–Trinajstić information content (AvgIpc) is 4.14. The van der Waals surface area contributed by atoms with Crippen molar-refractivity contribution in [3.63, 3.8) is 0 Å². The van der Waals surface area contributed by atoms with Crippen LogP contribution in [0.2, 0.25) is 0 Å². The first-order valence-electron chi connectivity index (χ1n) is 21.5. The Morgan fingerprint density at radius 2 is 1.33 bits per heavy atom. The minimum Gasteiger partial charge on any atom is -0.354 e. The predicted molar refractivity (Wildman–Crippen MR) is 243 cm³/mol. The van der Waals surface area contributed by atoms with Crippen LogP contribution in [-0.2, 0) is 13.0 Å². The highest BCUT2D eigenvalue weighted by atomic mass is 32.1. The van der Waals surface area contributed by atoms with E-state index in [2.05, 4.69) is 92.4 Å². The van der Waals surface area contributed by atoms with E-state index in [0.717, 1.165) is 139 Å². The van der Waals surface area contributed by atoms with Gasteiger partial charge in [-0.3, -0.25) is 9.59 Å². The van der Waals surface area contributed by atoms with E-state index in [-0.39, 0.29) is 29.8 Å². The number of aromatic nitrogens is 8. The molecule has 0 bridgehead atoms. The lowest BCUT2D eigenvalue weighted by Gasteiger charge is -2.31. The number of aryl methyl sites for hydroxylation is 3. The first kappa shape index (κ1) is 39.7. The number of carbonyl (C=O) groups excluding carboxylic acids is 2. The summed E-state index contributed by atoms with van der Waals surface area (Å²) in [5.74, 6) is 0.105. The number of nitrogens with zero attached hydrogens (tertiary/aromatic N) is 9. The van der Waals surface area contributed by atoms with Gasteiger partial charge in [-0.15, -0.1) is 22.7 Å². The van der Waals surface area contributed by atoms with Crippen molar-refractivity contribution in [2.45, 2.75) is 84.3 Å². The maximum absolute atomic E-state index is 14.2. The summed E-state index contributed by atoms with van der Waals surface area (Å²) in [5, 5.41) is 15.9. The lowest BCUT2D eigenvalue weighted by atomic mass is 9.97. The normalized spacial score (nSPS) is 16.1. The third kappa shape index (κ3) is 6.84. The molecule has 0 aliphatic carbocycles. The summed E-state index contributed by atoms with van der Waals surface area (Å²) < 4.78 is 8.35. The van der Waals surface area contributed by atoms with Crippen molar-refractivity contribution >= 4 is 66.2 Å². The third-order valence-corrected chi connectivity index (χ3v) is 15.4. The number of amides is 2. The molecule has 2 aliphatic rings. The van der Waals surface area contributed by atoms with Gasteiger partial charge in [0.25, 0.3) is 11.8 Å². The van der Waals surface area contributed by atoms with Gasteiger partial charge in [0.2, 0.25) is 0 Å². The van der Waals surface area contributed by atoms with Crippen molar-refractivity contribution in [3.8, 4) is 22.5 Å². The number of aromatic amines is 1. The Labute approximate surface area is 362 Å². The van der Waals surface area contributed by atoms with Crippen LogP contribution in [0, 0.1) is 13.8 Å². The van der Waals surface area contributed by atoms with E-state index >= 15 is 0 Å². The quantitative estimate of drug-likeness (QED) is 0.130. The van der Waals surface area contributed by atoms with E-state index in [1.807, 2.05) is 45.2 Å². The number of H-pyrrole nitrogens is 1. The standard InChI is InChI=1S/C45H52N12O2S2/c1-7-32-39(29-17-26(3)43-49-24-51-57(43)22-29)55(34-19-36(60-40(32)34)45(59)54(6)31-10-14-47-15-11-31)20-27(4)37-38(28-16-25(2)42-48-23-50-56(42)21-28)52-33-18-35(61-41(33)37)44(58)53(5)30-8-12-46-13-9-30/h16-19,21-24,27,30-31,46-47,52H,7-15,20H2,1-6H3. The minimum absolute atomic E-state index is 0.0361. The van der Waals surface area contributed by atoms with Crippen LogP contribution in [0.1, 0.15) is 87.0 Å². The number of carbonyl (C=O) groups is 2. The van der Waals surface area contributed by atoms with Crippen molar-refractivity contribution in [2.75, 3.05) is 40.3 Å². The maximum Gasteiger partial charge on any atom is 0.264 e. The summed E-state index contributed by atoms with van der Waals surface area (Å²) in [6.45, 7) is 12.9. The van der Waals surface area contributed by atoms with Crippen molar-refractivity contribution in [3.05, 3.63) is 81.3 Å². The molecule has 316 valence electrons. The number of pyridine rings is 2. The Kier molecular flexibility index (Phi) is 10.3. The predicted octanol–water partition coefficient (Wildman–Crippen LogP) is 7.30. The summed E-state index contributed by atoms with van der Waals surface area (Å²) in [6, 6.07) is 8.99. The molecule has 10 rings (SSSR count). The largest absolute Gasteiger partial charge is 0.354 e. The molecule has 61 heavy (non-hydrogen) atoms. The summed E-state index contributed by atoms with van der Waals surface area (Å²) in [4.78, 5) is 46.6. The SMILES string of the molecule is CCc1c(-c2cc(C)c3ncnn3c2)n(CC(C)c2c(-c3cc(C)c4ncnn4c3)[nH]c3cc(C(=O)N(C)C4CCNCC4)sc23)c2cc(C(=O)N(C)C3CCNCC3)sc12. The Morgan fingerprint density at radius 1 is 0.787 bits per heavy atom. The van der Waals surface area contributed by atoms with Crippen LogP contribution in [-0.4, -0.2) is 113 Å². The number of rotatable bonds is 10. The molecule has 1 unspecified atom stereocenters. The van der Waals surface area contributed by atoms with E-state index in [9.17, 15) is 9.59 Å². The van der Waals surface area contributed by atoms with Gasteiger partial charge < -0.3 is 30.0 Å². The molecule has 2 fully saturated rings. The van der Waals surface area contributed by atoms with Gasteiger partial charge in [-0.2, -0.15) is 10.2 Å². The van der Waals surface area contributed by atoms with E-state index in [1.54, 1.807) is 35.3 Å². The second-order valence-electron chi connectivity index (χ2n) is 17.0. The highest BCUT2D eigenvalue weighted by Gasteiger charge is 2.31. The van der Waals surface area contributed by atoms with Gasteiger partial charge >= 0.3 is 0 Å². The molecule has 0 aromatic carbocycles. The Hall–Kier alpha value is -5.42. The van der Waals surface area contributed by atoms with E-state index in [1.165, 1.54) is 5.56 Å². The van der Waals surface area contributed by atoms with E-state index in [4.69, 9.17) is 0 Å². The molecule has 0 spiro atoms. The van der Waals surface area contributed by atoms with Crippen LogP contribution in [0.3, 0.4) is 0 Å². The molecule has 1 atom stereocenters. The lowest BCUT2D eigenvalue weighted by molar-refractivity contribution is 0.0700. The smallest absolute Gasteiger partial charge is 0.264 e. The number of piperidine rings is 2. The zero-order chi connectivity index (χ0) is 42.1. The van der Waals surface area contributed by atoms with Gasteiger partial charge in [0.15, 0.2) is 11.3 Å². The van der Waals surface area contributed by atoms with Crippen molar-refractivity contribution in [2.24, 2.45) is 0 Å². The molecule has 16 heteroatoms. The fourth-order valence-corrected chi connectivity index (χ4v) is 12.4. The van der Waals surface area contributed by atoms with Crippen LogP contribution < -0.4 is 10.6 Å². The van der Waals surface area contributed by atoms with Crippen LogP contribution in [0.4, 0.5) is 0 Å². The number of hydrogen-bond acceptors (Lipinski definition) is 10. The molecule has 8 aromatic rings. The van der Waals surface area contributed by atoms with Crippen LogP contribution in [0.15, 0.2) is 49.3 Å². The average molecular weight is 857 g/mol. The molecular formula is C45H52N12O2S2. The van der Waals surface area contributed by atoms with Gasteiger partial charge in [0.1, 0.15) is 12.7 Å². The molecule has 2 amide bonds. The molecular weight excluding hydrogens is 805 g/mol. The highest BCUT2D eigenvalue weighted by molar-refractivity contribution is 7.21. The summed E-state index contributed by atoms with van der Waals surface area (Å²) in [5.41, 5.74) is 12.3. The monoisotopic (exact) mass is 856 g/mol. The summed E-state index contributed by atoms with van der Waals surface area (Å²) >= 11 is 3.19. The lowest BCUT2D eigenvalue weighted by Crippen LogP contribution is -2.43. The van der Waals surface area contributed by atoms with Gasteiger partial charge in [0.05, 0.1) is 41.6 Å². The summed E-state index contributed by atoms with van der Waals surface area (Å²) in [7, 11) is 3.91. The van der Waals surface area contributed by atoms with E-state index in [0.29, 0.717) is 6.54 Å². The Morgan fingerprint density at radius 3 is 1.92 bits per heavy atom. The topological polar surface area (TPSA) is 146 Å². The number of nitrogens with one attached hydrogen (secondary N) is 3. The van der Waals surface area contributed by atoms with Crippen molar-refractivity contribution in [1.29, 1.82) is 0 Å². The third-order valence-electron chi connectivity index (χ3n) is 13.1. The van der Waals surface area contributed by atoms with E-state index < -0.39 is 0 Å². The van der Waals surface area contributed by atoms with Gasteiger partial charge in [-0.25, -0.2) is 19.0 Å². The van der Waals surface area contributed by atoms with Gasteiger partial charge in [0, 0.05) is 67.7 Å². The van der Waals surface area contributed by atoms with Gasteiger partial charge in [-0.1, -0.05) is 13.8 Å². The van der Waals surface area contributed by atoms with Crippen LogP contribution >= 0.6 is 22.7 Å². The minimum atomic E-state index is -0.0361. The Balaban J connectivity index is 1.12. The second kappa shape index (κ2) is 15.8. The molecule has 10 heterocycles. The zero-order valence-corrected chi connectivity index (χ0v) is 37.2. The highest BCUT2D eigenvalue weighted by Crippen LogP contribution is 2.45.